The van der Waals surface area contributed by atoms with Gasteiger partial charge in [0.05, 0.1) is 22.8 Å². The molecule has 1 amide bonds. The summed E-state index contributed by atoms with van der Waals surface area (Å²) >= 11 is 2.27. The first-order chi connectivity index (χ1) is 14.7. The maximum absolute atomic E-state index is 12.8. The van der Waals surface area contributed by atoms with Gasteiger partial charge in [-0.2, -0.15) is 0 Å². The number of pyridine rings is 1. The summed E-state index contributed by atoms with van der Waals surface area (Å²) in [4.78, 5) is 21.3. The number of benzene rings is 1. The van der Waals surface area contributed by atoms with Crippen molar-refractivity contribution >= 4 is 34.2 Å². The fourth-order valence-corrected chi connectivity index (χ4v) is 3.91. The molecule has 0 saturated heterocycles. The Morgan fingerprint density at radius 1 is 1.17 bits per heavy atom. The van der Waals surface area contributed by atoms with Crippen LogP contribution in [0.2, 0.25) is 0 Å². The number of alkyl halides is 1. The first-order valence-electron chi connectivity index (χ1n) is 9.57. The van der Waals surface area contributed by atoms with Crippen LogP contribution in [-0.4, -0.2) is 35.2 Å². The van der Waals surface area contributed by atoms with Crippen molar-refractivity contribution < 1.29 is 4.79 Å². The molecular formula is C21H18IN7O. The van der Waals surface area contributed by atoms with Gasteiger partial charge in [-0.1, -0.05) is 34.7 Å². The molecule has 1 aromatic carbocycles. The second-order valence-electron chi connectivity index (χ2n) is 7.13. The fraction of sp³-hybridized carbons (Fsp3) is 0.190. The van der Waals surface area contributed by atoms with E-state index in [-0.39, 0.29) is 5.91 Å². The molecule has 0 spiro atoms. The van der Waals surface area contributed by atoms with Crippen molar-refractivity contribution in [3.63, 3.8) is 0 Å². The standard InChI is InChI=1S/C21H18IN7O/c22-11-28-12-23-10-19(28)14-6-7-24-18(9-14)21(30)26-16-3-1-2-15(8-16)20-27-25-13-29(20)17-4-5-17/h1-3,6-10,12-13,17H,4-5,11H2,(H,26,30). The first kappa shape index (κ1) is 18.9. The van der Waals surface area contributed by atoms with Gasteiger partial charge in [-0.25, -0.2) is 4.98 Å². The van der Waals surface area contributed by atoms with Gasteiger partial charge in [-0.3, -0.25) is 9.78 Å². The number of rotatable bonds is 6. The molecule has 150 valence electrons. The molecule has 1 fully saturated rings. The molecule has 0 bridgehead atoms. The monoisotopic (exact) mass is 511 g/mol. The van der Waals surface area contributed by atoms with Crippen molar-refractivity contribution in [2.75, 3.05) is 5.32 Å². The van der Waals surface area contributed by atoms with Crippen molar-refractivity contribution in [1.82, 2.24) is 29.3 Å². The number of amides is 1. The fourth-order valence-electron chi connectivity index (χ4n) is 3.37. The number of aromatic nitrogens is 6. The Balaban J connectivity index is 1.38. The molecule has 3 heterocycles. The molecule has 1 aliphatic carbocycles. The molecular weight excluding hydrogens is 493 g/mol. The SMILES string of the molecule is O=C(Nc1cccc(-c2nncn2C2CC2)c1)c1cc(-c2cncn2CI)ccn1. The number of hydrogen-bond donors (Lipinski definition) is 1. The lowest BCUT2D eigenvalue weighted by Crippen LogP contribution is -2.14. The Morgan fingerprint density at radius 2 is 2.07 bits per heavy atom. The molecule has 1 aliphatic rings. The highest BCUT2D eigenvalue weighted by molar-refractivity contribution is 14.1. The summed E-state index contributed by atoms with van der Waals surface area (Å²) in [5.74, 6) is 0.555. The quantitative estimate of drug-likeness (QED) is 0.310. The van der Waals surface area contributed by atoms with E-state index in [1.807, 2.05) is 34.9 Å². The van der Waals surface area contributed by atoms with Crippen LogP contribution < -0.4 is 5.32 Å². The van der Waals surface area contributed by atoms with Crippen LogP contribution in [0, 0.1) is 0 Å². The second-order valence-corrected chi connectivity index (χ2v) is 7.81. The summed E-state index contributed by atoms with van der Waals surface area (Å²) in [6.45, 7) is 0. The van der Waals surface area contributed by atoms with Crippen LogP contribution in [0.5, 0.6) is 0 Å². The highest BCUT2D eigenvalue weighted by atomic mass is 127. The number of nitrogens with one attached hydrogen (secondary N) is 1. The van der Waals surface area contributed by atoms with E-state index < -0.39 is 0 Å². The maximum atomic E-state index is 12.8. The minimum atomic E-state index is -0.266. The maximum Gasteiger partial charge on any atom is 0.274 e. The van der Waals surface area contributed by atoms with Crippen LogP contribution in [-0.2, 0) is 4.55 Å². The summed E-state index contributed by atoms with van der Waals surface area (Å²) in [5.41, 5.74) is 3.80. The van der Waals surface area contributed by atoms with Gasteiger partial charge in [-0.15, -0.1) is 10.2 Å². The van der Waals surface area contributed by atoms with Gasteiger partial charge in [0.1, 0.15) is 12.0 Å². The lowest BCUT2D eigenvalue weighted by Gasteiger charge is -2.09. The number of anilines is 1. The van der Waals surface area contributed by atoms with E-state index in [4.69, 9.17) is 0 Å². The van der Waals surface area contributed by atoms with Gasteiger partial charge in [0.2, 0.25) is 0 Å². The van der Waals surface area contributed by atoms with E-state index in [1.165, 1.54) is 0 Å². The van der Waals surface area contributed by atoms with Crippen LogP contribution in [0.4, 0.5) is 5.69 Å². The van der Waals surface area contributed by atoms with E-state index in [0.29, 0.717) is 17.4 Å². The summed E-state index contributed by atoms with van der Waals surface area (Å²) in [5, 5.41) is 11.3. The average Bonchev–Trinajstić information content (AvgIpc) is 3.31. The summed E-state index contributed by atoms with van der Waals surface area (Å²) < 4.78 is 4.88. The number of imidazole rings is 1. The van der Waals surface area contributed by atoms with E-state index in [2.05, 4.69) is 52.6 Å². The highest BCUT2D eigenvalue weighted by Gasteiger charge is 2.26. The van der Waals surface area contributed by atoms with Crippen LogP contribution in [0.3, 0.4) is 0 Å². The highest BCUT2D eigenvalue weighted by Crippen LogP contribution is 2.37. The molecule has 4 aromatic rings. The summed E-state index contributed by atoms with van der Waals surface area (Å²) in [7, 11) is 0. The molecule has 8 nitrogen and oxygen atoms in total. The van der Waals surface area contributed by atoms with Crippen LogP contribution in [0.1, 0.15) is 29.4 Å². The van der Waals surface area contributed by atoms with Crippen LogP contribution >= 0.6 is 22.6 Å². The van der Waals surface area contributed by atoms with Gasteiger partial charge in [0, 0.05) is 29.1 Å². The number of carbonyl (C=O) groups is 1. The Morgan fingerprint density at radius 3 is 2.90 bits per heavy atom. The van der Waals surface area contributed by atoms with E-state index in [9.17, 15) is 4.79 Å². The van der Waals surface area contributed by atoms with Gasteiger partial charge >= 0.3 is 0 Å². The van der Waals surface area contributed by atoms with Crippen molar-refractivity contribution in [1.29, 1.82) is 0 Å². The van der Waals surface area contributed by atoms with Gasteiger partial charge in [0.25, 0.3) is 5.91 Å². The topological polar surface area (TPSA) is 90.5 Å². The number of carbonyl (C=O) groups excluding carboxylic acids is 1. The third kappa shape index (κ3) is 3.72. The van der Waals surface area contributed by atoms with Crippen molar-refractivity contribution in [3.05, 3.63) is 67.1 Å². The predicted molar refractivity (Wildman–Crippen MR) is 121 cm³/mol. The van der Waals surface area contributed by atoms with Gasteiger partial charge in [0.15, 0.2) is 5.82 Å². The first-order valence-corrected chi connectivity index (χ1v) is 11.1. The minimum Gasteiger partial charge on any atom is -0.321 e. The van der Waals surface area contributed by atoms with E-state index in [1.54, 1.807) is 31.1 Å². The molecule has 1 saturated carbocycles. The lowest BCUT2D eigenvalue weighted by molar-refractivity contribution is 0.102. The molecule has 1 N–H and O–H groups in total. The van der Waals surface area contributed by atoms with Crippen LogP contribution in [0.25, 0.3) is 22.6 Å². The average molecular weight is 511 g/mol. The normalized spacial score (nSPS) is 13.4. The summed E-state index contributed by atoms with van der Waals surface area (Å²) in [6, 6.07) is 11.8. The third-order valence-corrected chi connectivity index (χ3v) is 5.76. The lowest BCUT2D eigenvalue weighted by atomic mass is 10.1. The van der Waals surface area contributed by atoms with Crippen molar-refractivity contribution in [3.8, 4) is 22.6 Å². The Kier molecular flexibility index (Phi) is 5.03. The smallest absolute Gasteiger partial charge is 0.274 e. The molecule has 0 atom stereocenters. The third-order valence-electron chi connectivity index (χ3n) is 5.02. The molecule has 0 aliphatic heterocycles. The Bertz CT molecular complexity index is 1210. The number of hydrogen-bond acceptors (Lipinski definition) is 5. The van der Waals surface area contributed by atoms with Gasteiger partial charge in [-0.05, 0) is 37.1 Å². The molecule has 9 heteroatoms. The zero-order valence-corrected chi connectivity index (χ0v) is 18.1. The second kappa shape index (κ2) is 7.98. The number of halogens is 1. The van der Waals surface area contributed by atoms with Crippen LogP contribution in [0.15, 0.2) is 61.4 Å². The zero-order chi connectivity index (χ0) is 20.5. The Labute approximate surface area is 186 Å². The number of nitrogens with zero attached hydrogens (tertiary/aromatic N) is 6. The van der Waals surface area contributed by atoms with Crippen molar-refractivity contribution in [2.45, 2.75) is 23.4 Å². The zero-order valence-electron chi connectivity index (χ0n) is 15.9. The minimum absolute atomic E-state index is 0.266. The molecule has 0 radical (unpaired) electrons. The van der Waals surface area contributed by atoms with E-state index in [0.717, 1.165) is 40.0 Å². The summed E-state index contributed by atoms with van der Waals surface area (Å²) in [6.07, 6.45) is 9.28. The van der Waals surface area contributed by atoms with E-state index >= 15 is 0 Å². The van der Waals surface area contributed by atoms with Crippen molar-refractivity contribution in [2.24, 2.45) is 0 Å². The Hall–Kier alpha value is -3.08. The predicted octanol–water partition coefficient (Wildman–Crippen LogP) is 4.18. The molecule has 30 heavy (non-hydrogen) atoms. The molecule has 3 aromatic heterocycles. The van der Waals surface area contributed by atoms with Gasteiger partial charge < -0.3 is 14.5 Å². The molecule has 5 rings (SSSR count). The largest absolute Gasteiger partial charge is 0.321 e. The molecule has 0 unspecified atom stereocenters.